The molecular formula is C14H20FN3O3. The third-order valence-electron chi connectivity index (χ3n) is 3.44. The van der Waals surface area contributed by atoms with Gasteiger partial charge in [-0.1, -0.05) is 0 Å². The summed E-state index contributed by atoms with van der Waals surface area (Å²) < 4.78 is 18.6. The largest absolute Gasteiger partial charge is 0.379 e. The highest BCUT2D eigenvalue weighted by Crippen LogP contribution is 2.16. The van der Waals surface area contributed by atoms with Crippen LogP contribution in [0.25, 0.3) is 0 Å². The number of hydrogen-bond acceptors (Lipinski definition) is 5. The molecule has 116 valence electrons. The highest BCUT2D eigenvalue weighted by Gasteiger charge is 2.14. The first-order valence-corrected chi connectivity index (χ1v) is 7.02. The molecule has 1 N–H and O–H groups in total. The molecule has 1 saturated heterocycles. The molecule has 1 heterocycles. The van der Waals surface area contributed by atoms with Gasteiger partial charge in [0.1, 0.15) is 5.82 Å². The first-order chi connectivity index (χ1) is 10.0. The van der Waals surface area contributed by atoms with Gasteiger partial charge in [-0.3, -0.25) is 15.0 Å². The number of nitrogens with zero attached hydrogens (tertiary/aromatic N) is 2. The summed E-state index contributed by atoms with van der Waals surface area (Å²) in [7, 11) is 0. The molecule has 1 aromatic rings. The summed E-state index contributed by atoms with van der Waals surface area (Å²) >= 11 is 0. The van der Waals surface area contributed by atoms with E-state index in [1.165, 1.54) is 12.1 Å². The molecule has 0 spiro atoms. The maximum Gasteiger partial charge on any atom is 0.272 e. The zero-order valence-electron chi connectivity index (χ0n) is 12.0. The third-order valence-corrected chi connectivity index (χ3v) is 3.44. The summed E-state index contributed by atoms with van der Waals surface area (Å²) in [4.78, 5) is 12.4. The third kappa shape index (κ3) is 5.04. The highest BCUT2D eigenvalue weighted by atomic mass is 19.1. The Morgan fingerprint density at radius 3 is 2.81 bits per heavy atom. The minimum absolute atomic E-state index is 0.213. The molecule has 6 nitrogen and oxygen atoms in total. The summed E-state index contributed by atoms with van der Waals surface area (Å²) in [5, 5.41) is 14.0. The van der Waals surface area contributed by atoms with Gasteiger partial charge < -0.3 is 10.1 Å². The number of hydrogen-bond donors (Lipinski definition) is 1. The Labute approximate surface area is 123 Å². The molecule has 1 aliphatic heterocycles. The van der Waals surface area contributed by atoms with Gasteiger partial charge in [-0.15, -0.1) is 0 Å². The van der Waals surface area contributed by atoms with E-state index in [1.54, 1.807) is 0 Å². The fraction of sp³-hybridized carbons (Fsp3) is 0.571. The molecule has 1 atom stereocenters. The van der Waals surface area contributed by atoms with Crippen molar-refractivity contribution in [3.05, 3.63) is 39.7 Å². The van der Waals surface area contributed by atoms with E-state index in [0.29, 0.717) is 12.1 Å². The number of nitro benzene ring substituents is 1. The second-order valence-electron chi connectivity index (χ2n) is 5.27. The van der Waals surface area contributed by atoms with Gasteiger partial charge in [0, 0.05) is 38.3 Å². The lowest BCUT2D eigenvalue weighted by molar-refractivity contribution is -0.385. The average molecular weight is 297 g/mol. The molecule has 1 aromatic carbocycles. The van der Waals surface area contributed by atoms with Gasteiger partial charge in [-0.25, -0.2) is 4.39 Å². The van der Waals surface area contributed by atoms with Crippen LogP contribution in [0.1, 0.15) is 12.5 Å². The van der Waals surface area contributed by atoms with Crippen molar-refractivity contribution >= 4 is 5.69 Å². The molecule has 0 bridgehead atoms. The minimum Gasteiger partial charge on any atom is -0.379 e. The predicted molar refractivity (Wildman–Crippen MR) is 76.6 cm³/mol. The monoisotopic (exact) mass is 297 g/mol. The van der Waals surface area contributed by atoms with Crippen LogP contribution in [0.2, 0.25) is 0 Å². The minimum atomic E-state index is -0.582. The summed E-state index contributed by atoms with van der Waals surface area (Å²) in [5.41, 5.74) is 0.364. The van der Waals surface area contributed by atoms with Crippen LogP contribution in [0, 0.1) is 15.9 Å². The van der Waals surface area contributed by atoms with E-state index in [9.17, 15) is 14.5 Å². The number of non-ortho nitro benzene ring substituents is 1. The van der Waals surface area contributed by atoms with Crippen molar-refractivity contribution < 1.29 is 14.1 Å². The van der Waals surface area contributed by atoms with Crippen molar-refractivity contribution in [2.75, 3.05) is 32.8 Å². The van der Waals surface area contributed by atoms with Crippen LogP contribution in [0.3, 0.4) is 0 Å². The van der Waals surface area contributed by atoms with Crippen molar-refractivity contribution in [3.8, 4) is 0 Å². The van der Waals surface area contributed by atoms with Crippen LogP contribution in [0.15, 0.2) is 18.2 Å². The molecule has 0 radical (unpaired) electrons. The first kappa shape index (κ1) is 15.8. The van der Waals surface area contributed by atoms with Gasteiger partial charge in [0.15, 0.2) is 0 Å². The highest BCUT2D eigenvalue weighted by molar-refractivity contribution is 5.35. The normalized spacial score (nSPS) is 17.6. The first-order valence-electron chi connectivity index (χ1n) is 7.02. The summed E-state index contributed by atoms with van der Waals surface area (Å²) in [6.45, 7) is 6.66. The molecule has 0 aliphatic carbocycles. The lowest BCUT2D eigenvalue weighted by Gasteiger charge is -2.29. The van der Waals surface area contributed by atoms with Crippen LogP contribution in [-0.4, -0.2) is 48.7 Å². The van der Waals surface area contributed by atoms with E-state index in [0.717, 1.165) is 38.9 Å². The zero-order valence-corrected chi connectivity index (χ0v) is 12.0. The number of benzene rings is 1. The second kappa shape index (κ2) is 7.44. The second-order valence-corrected chi connectivity index (χ2v) is 5.27. The maximum atomic E-state index is 13.3. The molecule has 1 aliphatic rings. The maximum absolute atomic E-state index is 13.3. The average Bonchev–Trinajstić information content (AvgIpc) is 2.45. The Balaban J connectivity index is 1.85. The van der Waals surface area contributed by atoms with Gasteiger partial charge in [0.2, 0.25) is 0 Å². The number of rotatable bonds is 6. The lowest BCUT2D eigenvalue weighted by atomic mass is 10.2. The Kier molecular flexibility index (Phi) is 5.60. The van der Waals surface area contributed by atoms with E-state index in [1.807, 2.05) is 6.92 Å². The van der Waals surface area contributed by atoms with Crippen LogP contribution < -0.4 is 5.32 Å². The van der Waals surface area contributed by atoms with E-state index < -0.39 is 10.7 Å². The quantitative estimate of drug-likeness (QED) is 0.637. The van der Waals surface area contributed by atoms with Gasteiger partial charge in [0.25, 0.3) is 5.69 Å². The Bertz CT molecular complexity index is 492. The molecule has 2 rings (SSSR count). The number of nitrogens with one attached hydrogen (secondary N) is 1. The van der Waals surface area contributed by atoms with E-state index >= 15 is 0 Å². The van der Waals surface area contributed by atoms with Crippen molar-refractivity contribution in [2.45, 2.75) is 19.5 Å². The van der Waals surface area contributed by atoms with Gasteiger partial charge in [-0.05, 0) is 18.6 Å². The van der Waals surface area contributed by atoms with Crippen molar-refractivity contribution in [1.82, 2.24) is 10.2 Å². The topological polar surface area (TPSA) is 67.6 Å². The molecular weight excluding hydrogens is 277 g/mol. The molecule has 1 fully saturated rings. The van der Waals surface area contributed by atoms with Gasteiger partial charge >= 0.3 is 0 Å². The zero-order chi connectivity index (χ0) is 15.2. The molecule has 0 saturated carbocycles. The molecule has 0 amide bonds. The smallest absolute Gasteiger partial charge is 0.272 e. The van der Waals surface area contributed by atoms with E-state index in [2.05, 4.69) is 10.2 Å². The van der Waals surface area contributed by atoms with Crippen molar-refractivity contribution in [3.63, 3.8) is 0 Å². The van der Waals surface area contributed by atoms with Crippen LogP contribution in [0.5, 0.6) is 0 Å². The molecule has 0 aromatic heterocycles. The Hall–Kier alpha value is -1.57. The number of nitro groups is 1. The summed E-state index contributed by atoms with van der Waals surface area (Å²) in [5.74, 6) is -0.582. The van der Waals surface area contributed by atoms with Crippen LogP contribution >= 0.6 is 0 Å². The lowest BCUT2D eigenvalue weighted by Crippen LogP contribution is -2.44. The Morgan fingerprint density at radius 1 is 1.43 bits per heavy atom. The van der Waals surface area contributed by atoms with E-state index in [4.69, 9.17) is 4.74 Å². The molecule has 7 heteroatoms. The SMILES string of the molecule is CC(CN1CCOCC1)NCc1cc(F)cc([N+](=O)[O-])c1. The van der Waals surface area contributed by atoms with Crippen LogP contribution in [0.4, 0.5) is 10.1 Å². The van der Waals surface area contributed by atoms with Crippen molar-refractivity contribution in [1.29, 1.82) is 0 Å². The molecule has 1 unspecified atom stereocenters. The van der Waals surface area contributed by atoms with Gasteiger partial charge in [0.05, 0.1) is 24.2 Å². The Morgan fingerprint density at radius 2 is 2.14 bits per heavy atom. The number of morpholine rings is 1. The predicted octanol–water partition coefficient (Wildman–Crippen LogP) is 1.54. The van der Waals surface area contributed by atoms with Crippen LogP contribution in [-0.2, 0) is 11.3 Å². The fourth-order valence-electron chi connectivity index (χ4n) is 2.37. The number of ether oxygens (including phenoxy) is 1. The standard InChI is InChI=1S/C14H20FN3O3/c1-11(10-17-2-4-21-5-3-17)16-9-12-6-13(15)8-14(7-12)18(19)20/h6-8,11,16H,2-5,9-10H2,1H3. The number of halogens is 1. The van der Waals surface area contributed by atoms with Gasteiger partial charge in [-0.2, -0.15) is 0 Å². The van der Waals surface area contributed by atoms with Crippen molar-refractivity contribution in [2.24, 2.45) is 0 Å². The molecule has 21 heavy (non-hydrogen) atoms. The summed E-state index contributed by atoms with van der Waals surface area (Å²) in [6, 6.07) is 3.87. The van der Waals surface area contributed by atoms with E-state index in [-0.39, 0.29) is 11.7 Å². The fourth-order valence-corrected chi connectivity index (χ4v) is 2.37. The summed E-state index contributed by atoms with van der Waals surface area (Å²) in [6.07, 6.45) is 0.